The van der Waals surface area contributed by atoms with Gasteiger partial charge in [-0.2, -0.15) is 0 Å². The van der Waals surface area contributed by atoms with E-state index < -0.39 is 0 Å². The molecule has 1 saturated carbocycles. The Labute approximate surface area is 66.8 Å². The summed E-state index contributed by atoms with van der Waals surface area (Å²) in [7, 11) is 0. The van der Waals surface area contributed by atoms with E-state index in [1.165, 1.54) is 17.6 Å². The third kappa shape index (κ3) is 0.740. The van der Waals surface area contributed by atoms with Crippen molar-refractivity contribution in [2.75, 3.05) is 0 Å². The van der Waals surface area contributed by atoms with E-state index in [-0.39, 0.29) is 5.78 Å². The van der Waals surface area contributed by atoms with E-state index in [9.17, 15) is 4.79 Å². The largest absolute Gasteiger partial charge is 0.289 e. The average Bonchev–Trinajstić information content (AvgIpc) is 2.53. The van der Waals surface area contributed by atoms with Crippen molar-refractivity contribution in [2.24, 2.45) is 0 Å². The molecule has 0 spiro atoms. The van der Waals surface area contributed by atoms with Crippen LogP contribution in [-0.4, -0.2) is 5.78 Å². The minimum atomic E-state index is 0.287. The van der Waals surface area contributed by atoms with Gasteiger partial charge in [-0.1, -0.05) is 0 Å². The molecule has 0 heterocycles. The molecule has 0 aromatic heterocycles. The summed E-state index contributed by atoms with van der Waals surface area (Å²) in [6.07, 6.45) is 3.50. The summed E-state index contributed by atoms with van der Waals surface area (Å²) in [6, 6.07) is 0. The van der Waals surface area contributed by atoms with Crippen molar-refractivity contribution >= 4 is 5.78 Å². The van der Waals surface area contributed by atoms with Gasteiger partial charge >= 0.3 is 0 Å². The topological polar surface area (TPSA) is 17.1 Å². The van der Waals surface area contributed by atoms with Crippen LogP contribution in [0.3, 0.4) is 0 Å². The number of hydrogen-bond donors (Lipinski definition) is 0. The fraction of sp³-hybridized carbons (Fsp3) is 0.500. The Bertz CT molecular complexity index is 264. The van der Waals surface area contributed by atoms with E-state index >= 15 is 0 Å². The van der Waals surface area contributed by atoms with Gasteiger partial charge in [-0.3, -0.25) is 4.79 Å². The van der Waals surface area contributed by atoms with Gasteiger partial charge in [0.2, 0.25) is 0 Å². The molecule has 0 amide bonds. The van der Waals surface area contributed by atoms with Crippen LogP contribution in [0.15, 0.2) is 22.3 Å². The molecule has 0 aromatic carbocycles. The summed E-state index contributed by atoms with van der Waals surface area (Å²) in [5.41, 5.74) is 4.73. The van der Waals surface area contributed by atoms with Crippen LogP contribution >= 0.6 is 0 Å². The molecular formula is C10H12O. The lowest BCUT2D eigenvalue weighted by Gasteiger charge is -1.93. The van der Waals surface area contributed by atoms with Crippen LogP contribution in [0.5, 0.6) is 0 Å². The maximum absolute atomic E-state index is 11.4. The van der Waals surface area contributed by atoms with Gasteiger partial charge in [0.15, 0.2) is 5.78 Å². The third-order valence-corrected chi connectivity index (χ3v) is 2.80. The summed E-state index contributed by atoms with van der Waals surface area (Å²) in [6.45, 7) is 3.92. The van der Waals surface area contributed by atoms with Crippen LogP contribution < -0.4 is 0 Å². The van der Waals surface area contributed by atoms with Crippen LogP contribution in [0.4, 0.5) is 0 Å². The van der Waals surface area contributed by atoms with Crippen LogP contribution in [0.25, 0.3) is 0 Å². The Hall–Kier alpha value is -0.850. The number of carbonyl (C=O) groups is 1. The van der Waals surface area contributed by atoms with Gasteiger partial charge < -0.3 is 0 Å². The first kappa shape index (κ1) is 6.84. The normalized spacial score (nSPS) is 23.6. The van der Waals surface area contributed by atoms with Crippen LogP contribution in [-0.2, 0) is 4.79 Å². The number of allylic oxidation sites excluding steroid dienone is 4. The highest BCUT2D eigenvalue weighted by molar-refractivity contribution is 6.12. The van der Waals surface area contributed by atoms with Crippen molar-refractivity contribution < 1.29 is 4.79 Å². The van der Waals surface area contributed by atoms with Crippen LogP contribution in [0.1, 0.15) is 33.1 Å². The zero-order valence-corrected chi connectivity index (χ0v) is 7.03. The summed E-state index contributed by atoms with van der Waals surface area (Å²) < 4.78 is 0. The van der Waals surface area contributed by atoms with E-state index in [2.05, 4.69) is 0 Å². The fourth-order valence-corrected chi connectivity index (χ4v) is 2.13. The Morgan fingerprint density at radius 2 is 1.45 bits per heavy atom. The van der Waals surface area contributed by atoms with Gasteiger partial charge in [0, 0.05) is 11.1 Å². The van der Waals surface area contributed by atoms with Gasteiger partial charge in [-0.25, -0.2) is 0 Å². The zero-order valence-electron chi connectivity index (χ0n) is 7.03. The molecule has 2 aliphatic carbocycles. The fourth-order valence-electron chi connectivity index (χ4n) is 2.13. The zero-order chi connectivity index (χ0) is 8.01. The number of fused-ring (bicyclic) bond motifs is 1. The molecule has 0 unspecified atom stereocenters. The highest BCUT2D eigenvalue weighted by Crippen LogP contribution is 2.40. The quantitative estimate of drug-likeness (QED) is 0.515. The standard InChI is InChI=1S/C10H12O/c1-6-8-4-3-5-9(8)7(2)10(6)11/h3-5H2,1-2H3. The Balaban J connectivity index is 2.57. The average molecular weight is 148 g/mol. The number of Topliss-reactive ketones (excluding diaryl/α,β-unsaturated/α-hetero) is 1. The van der Waals surface area contributed by atoms with Crippen molar-refractivity contribution in [3.05, 3.63) is 22.3 Å². The molecule has 1 nitrogen and oxygen atoms in total. The lowest BCUT2D eigenvalue weighted by atomic mass is 10.1. The second kappa shape index (κ2) is 2.07. The van der Waals surface area contributed by atoms with E-state index in [1.807, 2.05) is 13.8 Å². The van der Waals surface area contributed by atoms with Gasteiger partial charge in [0.25, 0.3) is 0 Å². The number of carbonyl (C=O) groups excluding carboxylic acids is 1. The SMILES string of the molecule is CC1=C2CCCC2=C(C)C1=O. The predicted octanol–water partition coefficient (Wildman–Crippen LogP) is 2.39. The minimum Gasteiger partial charge on any atom is -0.289 e. The first-order valence-electron chi connectivity index (χ1n) is 4.16. The maximum Gasteiger partial charge on any atom is 0.184 e. The van der Waals surface area contributed by atoms with Gasteiger partial charge in [-0.15, -0.1) is 0 Å². The Morgan fingerprint density at radius 1 is 1.00 bits per heavy atom. The smallest absolute Gasteiger partial charge is 0.184 e. The molecule has 0 aliphatic heterocycles. The van der Waals surface area contributed by atoms with Crippen molar-refractivity contribution in [1.82, 2.24) is 0 Å². The molecule has 2 aliphatic rings. The Morgan fingerprint density at radius 3 is 1.91 bits per heavy atom. The number of hydrogen-bond acceptors (Lipinski definition) is 1. The van der Waals surface area contributed by atoms with Crippen molar-refractivity contribution in [3.63, 3.8) is 0 Å². The first-order valence-corrected chi connectivity index (χ1v) is 4.16. The molecule has 0 atom stereocenters. The predicted molar refractivity (Wildman–Crippen MR) is 44.3 cm³/mol. The Kier molecular flexibility index (Phi) is 1.28. The maximum atomic E-state index is 11.4. The van der Waals surface area contributed by atoms with Crippen molar-refractivity contribution in [2.45, 2.75) is 33.1 Å². The monoisotopic (exact) mass is 148 g/mol. The van der Waals surface area contributed by atoms with E-state index in [4.69, 9.17) is 0 Å². The summed E-state index contributed by atoms with van der Waals surface area (Å²) in [4.78, 5) is 11.4. The second-order valence-corrected chi connectivity index (χ2v) is 3.39. The van der Waals surface area contributed by atoms with Crippen molar-refractivity contribution in [3.8, 4) is 0 Å². The molecule has 2 rings (SSSR count). The number of ketones is 1. The summed E-state index contributed by atoms with van der Waals surface area (Å²) >= 11 is 0. The van der Waals surface area contributed by atoms with Gasteiger partial charge in [0.1, 0.15) is 0 Å². The highest BCUT2D eigenvalue weighted by Gasteiger charge is 2.29. The lowest BCUT2D eigenvalue weighted by Crippen LogP contribution is -1.96. The van der Waals surface area contributed by atoms with E-state index in [0.29, 0.717) is 0 Å². The van der Waals surface area contributed by atoms with Crippen molar-refractivity contribution in [1.29, 1.82) is 0 Å². The molecule has 0 N–H and O–H groups in total. The van der Waals surface area contributed by atoms with E-state index in [1.54, 1.807) is 0 Å². The molecular weight excluding hydrogens is 136 g/mol. The summed E-state index contributed by atoms with van der Waals surface area (Å²) in [5, 5.41) is 0. The molecule has 0 bridgehead atoms. The molecule has 11 heavy (non-hydrogen) atoms. The number of rotatable bonds is 0. The molecule has 1 fully saturated rings. The minimum absolute atomic E-state index is 0.287. The molecule has 0 aromatic rings. The second-order valence-electron chi connectivity index (χ2n) is 3.39. The molecule has 0 saturated heterocycles. The molecule has 1 heteroatoms. The molecule has 58 valence electrons. The van der Waals surface area contributed by atoms with Gasteiger partial charge in [-0.05, 0) is 44.3 Å². The van der Waals surface area contributed by atoms with Crippen LogP contribution in [0, 0.1) is 0 Å². The highest BCUT2D eigenvalue weighted by atomic mass is 16.1. The van der Waals surface area contributed by atoms with Gasteiger partial charge in [0.05, 0.1) is 0 Å². The summed E-state index contributed by atoms with van der Waals surface area (Å²) in [5.74, 6) is 0.287. The first-order chi connectivity index (χ1) is 5.22. The lowest BCUT2D eigenvalue weighted by molar-refractivity contribution is -0.112. The third-order valence-electron chi connectivity index (χ3n) is 2.80. The van der Waals surface area contributed by atoms with E-state index in [0.717, 1.165) is 24.0 Å². The molecule has 0 radical (unpaired) electrons. The van der Waals surface area contributed by atoms with Crippen LogP contribution in [0.2, 0.25) is 0 Å².